The van der Waals surface area contributed by atoms with Crippen molar-refractivity contribution in [2.45, 2.75) is 158 Å². The third kappa shape index (κ3) is 17.8. The van der Waals surface area contributed by atoms with Crippen molar-refractivity contribution in [2.75, 3.05) is 26.3 Å². The van der Waals surface area contributed by atoms with Gasteiger partial charge in [-0.05, 0) is 82.1 Å². The largest absolute Gasteiger partial charge is 0.389 e. The number of ether oxygens (including phenoxy) is 1. The van der Waals surface area contributed by atoms with Crippen LogP contribution in [0.2, 0.25) is 0 Å². The molecule has 5 heteroatoms. The average Bonchev–Trinajstić information content (AvgIpc) is 2.96. The molecule has 0 radical (unpaired) electrons. The van der Waals surface area contributed by atoms with E-state index in [0.717, 1.165) is 63.0 Å². The van der Waals surface area contributed by atoms with Crippen LogP contribution >= 0.6 is 0 Å². The molecule has 38 heavy (non-hydrogen) atoms. The van der Waals surface area contributed by atoms with Gasteiger partial charge in [-0.3, -0.25) is 4.79 Å². The molecule has 2 aliphatic carbocycles. The van der Waals surface area contributed by atoms with Gasteiger partial charge in [0, 0.05) is 24.6 Å². The van der Waals surface area contributed by atoms with Crippen molar-refractivity contribution < 1.29 is 14.6 Å². The molecule has 2 fully saturated rings. The molecule has 3 N–H and O–H groups in total. The summed E-state index contributed by atoms with van der Waals surface area (Å²) in [5, 5.41) is 16.8. The Labute approximate surface area is 239 Å². The lowest BCUT2D eigenvalue weighted by Crippen LogP contribution is -2.44. The van der Waals surface area contributed by atoms with Gasteiger partial charge in [-0.1, -0.05) is 88.5 Å². The zero-order valence-electron chi connectivity index (χ0n) is 27.5. The van der Waals surface area contributed by atoms with E-state index < -0.39 is 6.10 Å². The minimum atomic E-state index is -0.392. The second-order valence-corrected chi connectivity index (χ2v) is 11.3. The fourth-order valence-corrected chi connectivity index (χ4v) is 5.21. The van der Waals surface area contributed by atoms with E-state index in [2.05, 4.69) is 24.5 Å². The molecule has 2 aliphatic rings. The molecule has 0 aromatic carbocycles. The van der Waals surface area contributed by atoms with Crippen molar-refractivity contribution in [2.24, 2.45) is 23.2 Å². The summed E-state index contributed by atoms with van der Waals surface area (Å²) >= 11 is 0. The van der Waals surface area contributed by atoms with Crippen molar-refractivity contribution >= 4 is 5.91 Å². The predicted molar refractivity (Wildman–Crippen MR) is 167 cm³/mol. The number of carbonyl (C=O) groups excluding carboxylic acids is 1. The van der Waals surface area contributed by atoms with Crippen LogP contribution in [0.4, 0.5) is 0 Å². The molecule has 230 valence electrons. The SMILES string of the molecule is CC.CC.CC.CCCCOCC(O)CNCC1CCC(CC2CCC(NC(=O)C(C)(C)CC)CC2)CC1. The van der Waals surface area contributed by atoms with Crippen molar-refractivity contribution in [3.63, 3.8) is 0 Å². The fraction of sp³-hybridized carbons (Fsp3) is 0.970. The van der Waals surface area contributed by atoms with Gasteiger partial charge in [0.1, 0.15) is 0 Å². The van der Waals surface area contributed by atoms with Gasteiger partial charge in [0.25, 0.3) is 0 Å². The first-order valence-electron chi connectivity index (χ1n) is 16.6. The fourth-order valence-electron chi connectivity index (χ4n) is 5.21. The molecule has 0 aromatic heterocycles. The molecular formula is C33H70N2O3. The third-order valence-corrected chi connectivity index (χ3v) is 8.08. The molecule has 0 spiro atoms. The van der Waals surface area contributed by atoms with Gasteiger partial charge in [0.05, 0.1) is 12.7 Å². The normalized spacial score (nSPS) is 23.9. The summed E-state index contributed by atoms with van der Waals surface area (Å²) in [4.78, 5) is 12.4. The highest BCUT2D eigenvalue weighted by Crippen LogP contribution is 2.37. The van der Waals surface area contributed by atoms with Crippen LogP contribution in [-0.2, 0) is 9.53 Å². The zero-order valence-corrected chi connectivity index (χ0v) is 27.5. The smallest absolute Gasteiger partial charge is 0.225 e. The highest BCUT2D eigenvalue weighted by Gasteiger charge is 2.30. The van der Waals surface area contributed by atoms with Crippen LogP contribution in [0.1, 0.15) is 146 Å². The number of carbonyl (C=O) groups is 1. The minimum absolute atomic E-state index is 0.229. The van der Waals surface area contributed by atoms with Gasteiger partial charge in [-0.15, -0.1) is 0 Å². The standard InChI is InChI=1S/C27H52N2O3.3C2H6/c1-5-7-16-32-20-25(30)19-28-18-23-10-8-21(9-11-23)17-22-12-14-24(15-13-22)29-26(31)27(3,4)6-2;3*1-2/h21-25,28,30H,5-20H2,1-4H3,(H,29,31);3*1-2H3. The van der Waals surface area contributed by atoms with Gasteiger partial charge in [-0.25, -0.2) is 0 Å². The lowest BCUT2D eigenvalue weighted by atomic mass is 9.74. The second kappa shape index (κ2) is 25.3. The number of aliphatic hydroxyl groups excluding tert-OH is 1. The molecule has 1 unspecified atom stereocenters. The van der Waals surface area contributed by atoms with E-state index >= 15 is 0 Å². The first-order valence-corrected chi connectivity index (χ1v) is 16.6. The van der Waals surface area contributed by atoms with E-state index in [1.54, 1.807) is 0 Å². The monoisotopic (exact) mass is 543 g/mol. The predicted octanol–water partition coefficient (Wildman–Crippen LogP) is 8.14. The Bertz CT molecular complexity index is 510. The maximum atomic E-state index is 12.4. The lowest BCUT2D eigenvalue weighted by Gasteiger charge is -2.35. The van der Waals surface area contributed by atoms with E-state index in [1.165, 1.54) is 44.9 Å². The summed E-state index contributed by atoms with van der Waals surface area (Å²) in [6.07, 6.45) is 14.3. The first kappa shape index (κ1) is 39.5. The van der Waals surface area contributed by atoms with Gasteiger partial charge in [0.2, 0.25) is 5.91 Å². The van der Waals surface area contributed by atoms with Crippen LogP contribution in [0.5, 0.6) is 0 Å². The number of rotatable bonds is 14. The molecule has 1 atom stereocenters. The number of nitrogens with one attached hydrogen (secondary N) is 2. The van der Waals surface area contributed by atoms with Crippen LogP contribution in [0.25, 0.3) is 0 Å². The molecule has 0 aliphatic heterocycles. The molecule has 0 bridgehead atoms. The summed E-state index contributed by atoms with van der Waals surface area (Å²) in [5.41, 5.74) is -0.245. The van der Waals surface area contributed by atoms with Crippen molar-refractivity contribution in [1.82, 2.24) is 10.6 Å². The highest BCUT2D eigenvalue weighted by atomic mass is 16.5. The maximum Gasteiger partial charge on any atom is 0.225 e. The average molecular weight is 543 g/mol. The Morgan fingerprint density at radius 1 is 0.868 bits per heavy atom. The molecule has 2 saturated carbocycles. The van der Waals surface area contributed by atoms with E-state index in [0.29, 0.717) is 19.2 Å². The van der Waals surface area contributed by atoms with E-state index in [1.807, 2.05) is 55.4 Å². The maximum absolute atomic E-state index is 12.4. The van der Waals surface area contributed by atoms with Crippen LogP contribution in [0.15, 0.2) is 0 Å². The van der Waals surface area contributed by atoms with Gasteiger partial charge in [-0.2, -0.15) is 0 Å². The van der Waals surface area contributed by atoms with Crippen molar-refractivity contribution in [1.29, 1.82) is 0 Å². The summed E-state index contributed by atoms with van der Waals surface area (Å²) in [7, 11) is 0. The van der Waals surface area contributed by atoms with Crippen molar-refractivity contribution in [3.05, 3.63) is 0 Å². The molecule has 0 saturated heterocycles. The molecule has 2 rings (SSSR count). The minimum Gasteiger partial charge on any atom is -0.389 e. The topological polar surface area (TPSA) is 70.6 Å². The highest BCUT2D eigenvalue weighted by molar-refractivity contribution is 5.81. The Hall–Kier alpha value is -0.650. The van der Waals surface area contributed by atoms with Gasteiger partial charge >= 0.3 is 0 Å². The van der Waals surface area contributed by atoms with Crippen LogP contribution in [0.3, 0.4) is 0 Å². The van der Waals surface area contributed by atoms with Crippen LogP contribution in [0, 0.1) is 23.2 Å². The Kier molecular flexibility index (Phi) is 26.3. The number of hydrogen-bond acceptors (Lipinski definition) is 4. The summed E-state index contributed by atoms with van der Waals surface area (Å²) in [6.45, 7) is 23.2. The lowest BCUT2D eigenvalue weighted by molar-refractivity contribution is -0.130. The Morgan fingerprint density at radius 2 is 1.37 bits per heavy atom. The summed E-state index contributed by atoms with van der Waals surface area (Å²) in [6, 6.07) is 0.388. The van der Waals surface area contributed by atoms with E-state index in [4.69, 9.17) is 4.74 Å². The Balaban J connectivity index is 0. The molecule has 5 nitrogen and oxygen atoms in total. The number of hydrogen-bond donors (Lipinski definition) is 3. The molecular weight excluding hydrogens is 472 g/mol. The quantitative estimate of drug-likeness (QED) is 0.194. The first-order chi connectivity index (χ1) is 18.3. The second-order valence-electron chi connectivity index (χ2n) is 11.3. The molecule has 0 aromatic rings. The van der Waals surface area contributed by atoms with E-state index in [-0.39, 0.29) is 11.3 Å². The zero-order chi connectivity index (χ0) is 29.4. The van der Waals surface area contributed by atoms with Gasteiger partial charge < -0.3 is 20.5 Å². The van der Waals surface area contributed by atoms with E-state index in [9.17, 15) is 9.90 Å². The molecule has 1 amide bonds. The summed E-state index contributed by atoms with van der Waals surface area (Å²) in [5.74, 6) is 2.73. The number of unbranched alkanes of at least 4 members (excludes halogenated alkanes) is 1. The number of aliphatic hydroxyl groups is 1. The van der Waals surface area contributed by atoms with Crippen LogP contribution in [-0.4, -0.2) is 49.5 Å². The third-order valence-electron chi connectivity index (χ3n) is 8.08. The van der Waals surface area contributed by atoms with Crippen LogP contribution < -0.4 is 10.6 Å². The Morgan fingerprint density at radius 3 is 1.87 bits per heavy atom. The molecule has 0 heterocycles. The number of amides is 1. The van der Waals surface area contributed by atoms with Crippen molar-refractivity contribution in [3.8, 4) is 0 Å². The van der Waals surface area contributed by atoms with Gasteiger partial charge in [0.15, 0.2) is 0 Å². The summed E-state index contributed by atoms with van der Waals surface area (Å²) < 4.78 is 5.50.